The molecule has 1 aromatic carbocycles. The van der Waals surface area contributed by atoms with Gasteiger partial charge in [-0.1, -0.05) is 24.6 Å². The Kier molecular flexibility index (Phi) is 3.88. The molecule has 2 unspecified atom stereocenters. The Balaban J connectivity index is 1.47. The third-order valence-electron chi connectivity index (χ3n) is 5.61. The third-order valence-corrected chi connectivity index (χ3v) is 5.61. The van der Waals surface area contributed by atoms with E-state index in [1.165, 1.54) is 25.5 Å². The van der Waals surface area contributed by atoms with Crippen LogP contribution in [-0.2, 0) is 4.79 Å². The van der Waals surface area contributed by atoms with Gasteiger partial charge in [0.15, 0.2) is 0 Å². The molecule has 5 nitrogen and oxygen atoms in total. The standard InChI is InChI=1S/C19H22N2O3/c1-21-13-5-4-6-14(21)10-12(9-13)20-19(23)18(22)16-11-24-17-8-3-2-7-15(16)17/h2-3,7-8,11-14H,4-6,9-10H2,1H3,(H,20,23). The topological polar surface area (TPSA) is 62.6 Å². The van der Waals surface area contributed by atoms with Crippen molar-refractivity contribution in [1.29, 1.82) is 0 Å². The second kappa shape index (κ2) is 6.06. The fraction of sp³-hybridized carbons (Fsp3) is 0.474. The number of ketones is 1. The van der Waals surface area contributed by atoms with Crippen LogP contribution in [0.1, 0.15) is 42.5 Å². The van der Waals surface area contributed by atoms with Gasteiger partial charge in [0.25, 0.3) is 11.7 Å². The molecule has 1 amide bonds. The van der Waals surface area contributed by atoms with Gasteiger partial charge < -0.3 is 14.6 Å². The number of furan rings is 1. The quantitative estimate of drug-likeness (QED) is 0.696. The Morgan fingerprint density at radius 2 is 1.88 bits per heavy atom. The number of rotatable bonds is 3. The van der Waals surface area contributed by atoms with Gasteiger partial charge >= 0.3 is 0 Å². The maximum Gasteiger partial charge on any atom is 0.292 e. The lowest BCUT2D eigenvalue weighted by Gasteiger charge is -2.47. The molecule has 2 atom stereocenters. The lowest BCUT2D eigenvalue weighted by atomic mass is 9.82. The minimum Gasteiger partial charge on any atom is -0.464 e. The van der Waals surface area contributed by atoms with Crippen molar-refractivity contribution in [3.05, 3.63) is 36.1 Å². The first-order valence-electron chi connectivity index (χ1n) is 8.67. The number of amides is 1. The van der Waals surface area contributed by atoms with E-state index >= 15 is 0 Å². The number of carbonyl (C=O) groups excluding carboxylic acids is 2. The van der Waals surface area contributed by atoms with Crippen molar-refractivity contribution in [2.75, 3.05) is 7.05 Å². The van der Waals surface area contributed by atoms with Gasteiger partial charge in [-0.05, 0) is 38.8 Å². The molecule has 2 aliphatic heterocycles. The second-order valence-electron chi connectivity index (χ2n) is 7.02. The smallest absolute Gasteiger partial charge is 0.292 e. The number of hydrogen-bond acceptors (Lipinski definition) is 4. The molecule has 0 aliphatic carbocycles. The average Bonchev–Trinajstić information content (AvgIpc) is 2.99. The van der Waals surface area contributed by atoms with Crippen molar-refractivity contribution >= 4 is 22.7 Å². The van der Waals surface area contributed by atoms with Crippen LogP contribution in [0.2, 0.25) is 0 Å². The number of hydrogen-bond donors (Lipinski definition) is 1. The molecule has 126 valence electrons. The second-order valence-corrected chi connectivity index (χ2v) is 7.02. The van der Waals surface area contributed by atoms with Crippen molar-refractivity contribution in [2.45, 2.75) is 50.2 Å². The van der Waals surface area contributed by atoms with E-state index in [0.29, 0.717) is 28.6 Å². The summed E-state index contributed by atoms with van der Waals surface area (Å²) in [5, 5.41) is 3.66. The Bertz CT molecular complexity index is 768. The van der Waals surface area contributed by atoms with Gasteiger partial charge in [0, 0.05) is 23.5 Å². The fourth-order valence-electron chi connectivity index (χ4n) is 4.26. The van der Waals surface area contributed by atoms with Crippen LogP contribution in [0.15, 0.2) is 34.9 Å². The van der Waals surface area contributed by atoms with E-state index in [9.17, 15) is 9.59 Å². The van der Waals surface area contributed by atoms with Gasteiger partial charge in [-0.15, -0.1) is 0 Å². The maximum absolute atomic E-state index is 12.5. The number of nitrogens with one attached hydrogen (secondary N) is 1. The molecule has 0 spiro atoms. The SMILES string of the molecule is CN1C2CCCC1CC(NC(=O)C(=O)c1coc3ccccc13)C2. The molecule has 3 heterocycles. The zero-order valence-corrected chi connectivity index (χ0v) is 13.8. The summed E-state index contributed by atoms with van der Waals surface area (Å²) < 4.78 is 5.38. The molecule has 5 heteroatoms. The fourth-order valence-corrected chi connectivity index (χ4v) is 4.26. The zero-order chi connectivity index (χ0) is 16.7. The van der Waals surface area contributed by atoms with Crippen molar-refractivity contribution in [3.63, 3.8) is 0 Å². The van der Waals surface area contributed by atoms with Gasteiger partial charge in [0.1, 0.15) is 11.8 Å². The number of carbonyl (C=O) groups is 2. The van der Waals surface area contributed by atoms with Crippen LogP contribution in [0.25, 0.3) is 11.0 Å². The molecule has 24 heavy (non-hydrogen) atoms. The van der Waals surface area contributed by atoms with E-state index in [-0.39, 0.29) is 6.04 Å². The minimum atomic E-state index is -0.519. The Morgan fingerprint density at radius 3 is 2.62 bits per heavy atom. The molecule has 2 aromatic rings. The molecule has 4 rings (SSSR count). The highest BCUT2D eigenvalue weighted by atomic mass is 16.3. The normalized spacial score (nSPS) is 27.1. The molecule has 0 saturated carbocycles. The number of nitrogens with zero attached hydrogens (tertiary/aromatic N) is 1. The van der Waals surface area contributed by atoms with Gasteiger partial charge in [-0.25, -0.2) is 0 Å². The highest BCUT2D eigenvalue weighted by Gasteiger charge is 2.37. The molecule has 1 aromatic heterocycles. The zero-order valence-electron chi connectivity index (χ0n) is 13.8. The first-order valence-corrected chi connectivity index (χ1v) is 8.67. The average molecular weight is 326 g/mol. The van der Waals surface area contributed by atoms with Gasteiger partial charge in [0.05, 0.1) is 5.56 Å². The lowest BCUT2D eigenvalue weighted by Crippen LogP contribution is -2.55. The summed E-state index contributed by atoms with van der Waals surface area (Å²) in [5.41, 5.74) is 0.971. The molecule has 2 saturated heterocycles. The number of benzene rings is 1. The molecular formula is C19H22N2O3. The van der Waals surface area contributed by atoms with Crippen LogP contribution < -0.4 is 5.32 Å². The van der Waals surface area contributed by atoms with Crippen LogP contribution in [-0.4, -0.2) is 41.8 Å². The minimum absolute atomic E-state index is 0.0890. The van der Waals surface area contributed by atoms with Gasteiger partial charge in [-0.3, -0.25) is 9.59 Å². The number of piperidine rings is 2. The van der Waals surface area contributed by atoms with Gasteiger partial charge in [0.2, 0.25) is 0 Å². The number of fused-ring (bicyclic) bond motifs is 3. The molecular weight excluding hydrogens is 304 g/mol. The Labute approximate surface area is 141 Å². The lowest BCUT2D eigenvalue weighted by molar-refractivity contribution is -0.118. The van der Waals surface area contributed by atoms with Crippen molar-refractivity contribution < 1.29 is 14.0 Å². The van der Waals surface area contributed by atoms with E-state index in [1.54, 1.807) is 12.1 Å². The van der Waals surface area contributed by atoms with Crippen molar-refractivity contribution in [2.24, 2.45) is 0 Å². The van der Waals surface area contributed by atoms with Crippen LogP contribution in [0.4, 0.5) is 0 Å². The summed E-state index contributed by atoms with van der Waals surface area (Å²) >= 11 is 0. The van der Waals surface area contributed by atoms with E-state index in [2.05, 4.69) is 17.3 Å². The first kappa shape index (κ1) is 15.4. The van der Waals surface area contributed by atoms with Crippen LogP contribution in [0.3, 0.4) is 0 Å². The van der Waals surface area contributed by atoms with Crippen LogP contribution >= 0.6 is 0 Å². The van der Waals surface area contributed by atoms with E-state index in [4.69, 9.17) is 4.42 Å². The Hall–Kier alpha value is -2.14. The first-order chi connectivity index (χ1) is 11.6. The summed E-state index contributed by atoms with van der Waals surface area (Å²) in [6.07, 6.45) is 6.87. The van der Waals surface area contributed by atoms with Crippen LogP contribution in [0, 0.1) is 0 Å². The predicted molar refractivity (Wildman–Crippen MR) is 90.9 cm³/mol. The number of Topliss-reactive ketones (excluding diaryl/α,β-unsaturated/α-hetero) is 1. The molecule has 2 fully saturated rings. The summed E-state index contributed by atoms with van der Waals surface area (Å²) in [6.45, 7) is 0. The summed E-state index contributed by atoms with van der Waals surface area (Å²) in [7, 11) is 2.18. The van der Waals surface area contributed by atoms with Crippen molar-refractivity contribution in [3.8, 4) is 0 Å². The third kappa shape index (κ3) is 2.63. The molecule has 2 bridgehead atoms. The summed E-state index contributed by atoms with van der Waals surface area (Å²) in [5.74, 6) is -1.03. The van der Waals surface area contributed by atoms with Crippen molar-refractivity contribution in [1.82, 2.24) is 10.2 Å². The largest absolute Gasteiger partial charge is 0.464 e. The predicted octanol–water partition coefficient (Wildman–Crippen LogP) is 2.75. The number of para-hydroxylation sites is 1. The Morgan fingerprint density at radius 1 is 1.17 bits per heavy atom. The van der Waals surface area contributed by atoms with E-state index in [1.807, 2.05) is 12.1 Å². The highest BCUT2D eigenvalue weighted by Crippen LogP contribution is 2.32. The maximum atomic E-state index is 12.5. The summed E-state index contributed by atoms with van der Waals surface area (Å²) in [6, 6.07) is 8.41. The molecule has 1 N–H and O–H groups in total. The monoisotopic (exact) mass is 326 g/mol. The highest BCUT2D eigenvalue weighted by molar-refractivity contribution is 6.44. The van der Waals surface area contributed by atoms with Gasteiger partial charge in [-0.2, -0.15) is 0 Å². The molecule has 0 radical (unpaired) electrons. The summed E-state index contributed by atoms with van der Waals surface area (Å²) in [4.78, 5) is 27.4. The molecule has 2 aliphatic rings. The van der Waals surface area contributed by atoms with Crippen LogP contribution in [0.5, 0.6) is 0 Å². The van der Waals surface area contributed by atoms with E-state index < -0.39 is 11.7 Å². The van der Waals surface area contributed by atoms with E-state index in [0.717, 1.165) is 12.8 Å².